The molecular weight excluding hydrogens is 675 g/mol. The van der Waals surface area contributed by atoms with Crippen LogP contribution in [-0.2, 0) is 5.41 Å². The van der Waals surface area contributed by atoms with Crippen molar-refractivity contribution in [2.75, 3.05) is 0 Å². The third-order valence-electron chi connectivity index (χ3n) is 11.5. The Balaban J connectivity index is 1.13. The maximum absolute atomic E-state index is 5.27. The van der Waals surface area contributed by atoms with E-state index < -0.39 is 5.41 Å². The normalized spacial score (nSPS) is 15.1. The second-order valence-electron chi connectivity index (χ2n) is 14.3. The van der Waals surface area contributed by atoms with Crippen molar-refractivity contribution in [3.05, 3.63) is 198 Å². The minimum absolute atomic E-state index is 0.469. The van der Waals surface area contributed by atoms with E-state index in [9.17, 15) is 0 Å². The average molecular weight is 704 g/mol. The number of rotatable bonds is 3. The molecule has 4 heteroatoms. The summed E-state index contributed by atoms with van der Waals surface area (Å²) in [6.07, 6.45) is 0. The van der Waals surface area contributed by atoms with E-state index in [2.05, 4.69) is 176 Å². The first kappa shape index (κ1) is 29.8. The van der Waals surface area contributed by atoms with E-state index in [4.69, 9.17) is 15.0 Å². The first-order chi connectivity index (χ1) is 26.7. The van der Waals surface area contributed by atoms with Crippen LogP contribution >= 0.6 is 11.3 Å². The van der Waals surface area contributed by atoms with Crippen LogP contribution in [0.1, 0.15) is 22.3 Å². The Hall–Kier alpha value is -6.75. The first-order valence-electron chi connectivity index (χ1n) is 18.4. The first-order valence-corrected chi connectivity index (χ1v) is 19.2. The molecule has 250 valence electrons. The van der Waals surface area contributed by atoms with Crippen molar-refractivity contribution in [1.29, 1.82) is 0 Å². The monoisotopic (exact) mass is 703 g/mol. The van der Waals surface area contributed by atoms with Crippen molar-refractivity contribution < 1.29 is 0 Å². The van der Waals surface area contributed by atoms with E-state index in [0.29, 0.717) is 17.5 Å². The van der Waals surface area contributed by atoms with Crippen molar-refractivity contribution in [1.82, 2.24) is 15.0 Å². The minimum atomic E-state index is -0.469. The highest BCUT2D eigenvalue weighted by Crippen LogP contribution is 2.66. The molecule has 1 unspecified atom stereocenters. The quantitative estimate of drug-likeness (QED) is 0.184. The van der Waals surface area contributed by atoms with Gasteiger partial charge in [0.05, 0.1) is 5.41 Å². The number of fused-ring (bicyclic) bond motifs is 14. The molecule has 1 spiro atoms. The lowest BCUT2D eigenvalue weighted by atomic mass is 9.70. The lowest BCUT2D eigenvalue weighted by Gasteiger charge is -2.30. The molecule has 0 aliphatic heterocycles. The van der Waals surface area contributed by atoms with Gasteiger partial charge in [-0.1, -0.05) is 152 Å². The van der Waals surface area contributed by atoms with Gasteiger partial charge in [0.1, 0.15) is 0 Å². The van der Waals surface area contributed by atoms with E-state index >= 15 is 0 Å². The molecule has 3 nitrogen and oxygen atoms in total. The van der Waals surface area contributed by atoms with Gasteiger partial charge in [0.25, 0.3) is 0 Å². The number of nitrogens with zero attached hydrogens (tertiary/aromatic N) is 3. The van der Waals surface area contributed by atoms with Gasteiger partial charge in [-0.05, 0) is 90.1 Å². The zero-order valence-corrected chi connectivity index (χ0v) is 29.8. The SMILES string of the molecule is c1ccc2c(c1)-c1ccc(-c3nc(-c4ccc5ccccc5c4)nc(-c4ccc5ccccc5c4)n3)cc1C21c2ccccc2-c2sc3ccccc3c21. The van der Waals surface area contributed by atoms with Gasteiger partial charge in [-0.3, -0.25) is 0 Å². The Morgan fingerprint density at radius 3 is 1.52 bits per heavy atom. The number of hydrogen-bond donors (Lipinski definition) is 0. The van der Waals surface area contributed by atoms with E-state index in [0.717, 1.165) is 27.5 Å². The van der Waals surface area contributed by atoms with Gasteiger partial charge < -0.3 is 0 Å². The van der Waals surface area contributed by atoms with Gasteiger partial charge in [0.15, 0.2) is 17.5 Å². The number of aromatic nitrogens is 3. The van der Waals surface area contributed by atoms with Crippen LogP contribution in [0.25, 0.3) is 87.4 Å². The maximum atomic E-state index is 5.27. The van der Waals surface area contributed by atoms with E-state index in [1.165, 1.54) is 64.7 Å². The third-order valence-corrected chi connectivity index (χ3v) is 12.7. The highest BCUT2D eigenvalue weighted by atomic mass is 32.1. The van der Waals surface area contributed by atoms with E-state index in [1.807, 2.05) is 11.3 Å². The summed E-state index contributed by atoms with van der Waals surface area (Å²) in [7, 11) is 0. The Labute approximate surface area is 315 Å². The molecule has 0 saturated heterocycles. The molecule has 2 aliphatic carbocycles. The molecule has 10 aromatic rings. The maximum Gasteiger partial charge on any atom is 0.164 e. The van der Waals surface area contributed by atoms with Crippen molar-refractivity contribution in [2.45, 2.75) is 5.41 Å². The molecule has 12 rings (SSSR count). The van der Waals surface area contributed by atoms with Gasteiger partial charge in [-0.25, -0.2) is 15.0 Å². The summed E-state index contributed by atoms with van der Waals surface area (Å²) in [5.41, 5.74) is 11.6. The van der Waals surface area contributed by atoms with Crippen molar-refractivity contribution in [3.8, 4) is 55.7 Å². The van der Waals surface area contributed by atoms with Gasteiger partial charge in [0.2, 0.25) is 0 Å². The van der Waals surface area contributed by atoms with Crippen LogP contribution in [0.4, 0.5) is 0 Å². The fourth-order valence-corrected chi connectivity index (χ4v) is 10.4. The van der Waals surface area contributed by atoms with Gasteiger partial charge in [-0.2, -0.15) is 0 Å². The number of hydrogen-bond acceptors (Lipinski definition) is 4. The summed E-state index contributed by atoms with van der Waals surface area (Å²) in [4.78, 5) is 17.0. The second kappa shape index (κ2) is 11.1. The lowest BCUT2D eigenvalue weighted by Crippen LogP contribution is -2.25. The molecule has 2 aromatic heterocycles. The predicted molar refractivity (Wildman–Crippen MR) is 223 cm³/mol. The molecule has 0 saturated carbocycles. The van der Waals surface area contributed by atoms with Crippen LogP contribution < -0.4 is 0 Å². The average Bonchev–Trinajstić information content (AvgIpc) is 3.86. The Bertz CT molecular complexity index is 3100. The van der Waals surface area contributed by atoms with Crippen LogP contribution in [0.15, 0.2) is 176 Å². The molecule has 2 aliphatic rings. The van der Waals surface area contributed by atoms with Crippen molar-refractivity contribution in [2.24, 2.45) is 0 Å². The summed E-state index contributed by atoms with van der Waals surface area (Å²) in [6, 6.07) is 63.6. The smallest absolute Gasteiger partial charge is 0.164 e. The molecule has 8 aromatic carbocycles. The van der Waals surface area contributed by atoms with Crippen molar-refractivity contribution >= 4 is 43.0 Å². The Kier molecular flexibility index (Phi) is 6.14. The van der Waals surface area contributed by atoms with Crippen molar-refractivity contribution in [3.63, 3.8) is 0 Å². The van der Waals surface area contributed by atoms with E-state index in [1.54, 1.807) is 0 Å². The topological polar surface area (TPSA) is 38.7 Å². The molecule has 0 fully saturated rings. The summed E-state index contributed by atoms with van der Waals surface area (Å²) < 4.78 is 1.32. The minimum Gasteiger partial charge on any atom is -0.208 e. The fraction of sp³-hybridized carbons (Fsp3) is 0.0200. The molecule has 0 amide bonds. The van der Waals surface area contributed by atoms with Crippen LogP contribution in [0.3, 0.4) is 0 Å². The summed E-state index contributed by atoms with van der Waals surface area (Å²) in [5, 5.41) is 6.00. The Morgan fingerprint density at radius 2 is 0.852 bits per heavy atom. The fourth-order valence-electron chi connectivity index (χ4n) is 9.15. The third kappa shape index (κ3) is 4.09. The lowest BCUT2D eigenvalue weighted by molar-refractivity contribution is 0.802. The molecular formula is C50H29N3S. The standard InChI is InChI=1S/C50H29N3S/c1-3-13-32-27-34(23-21-30(32)11-1)47-51-48(35-24-22-31-12-2-4-14-33(31)28-35)53-49(52-47)36-25-26-38-37-15-5-8-18-41(37)50(43(38)29-36)42-19-9-6-16-39(42)46-45(50)40-17-7-10-20-44(40)54-46/h1-29H. The highest BCUT2D eigenvalue weighted by molar-refractivity contribution is 7.22. The molecule has 0 bridgehead atoms. The zero-order chi connectivity index (χ0) is 35.4. The molecule has 2 heterocycles. The highest BCUT2D eigenvalue weighted by Gasteiger charge is 2.53. The summed E-state index contributed by atoms with van der Waals surface area (Å²) in [6.45, 7) is 0. The summed E-state index contributed by atoms with van der Waals surface area (Å²) >= 11 is 1.91. The largest absolute Gasteiger partial charge is 0.208 e. The number of benzene rings is 8. The number of thiophene rings is 1. The van der Waals surface area contributed by atoms with Gasteiger partial charge in [-0.15, -0.1) is 11.3 Å². The second-order valence-corrected chi connectivity index (χ2v) is 15.4. The summed E-state index contributed by atoms with van der Waals surface area (Å²) in [5.74, 6) is 1.97. The Morgan fingerprint density at radius 1 is 0.370 bits per heavy atom. The van der Waals surface area contributed by atoms with Crippen LogP contribution in [-0.4, -0.2) is 15.0 Å². The van der Waals surface area contributed by atoms with Gasteiger partial charge >= 0.3 is 0 Å². The zero-order valence-electron chi connectivity index (χ0n) is 29.0. The van der Waals surface area contributed by atoms with Crippen LogP contribution in [0.5, 0.6) is 0 Å². The predicted octanol–water partition coefficient (Wildman–Crippen LogP) is 12.7. The van der Waals surface area contributed by atoms with Crippen LogP contribution in [0.2, 0.25) is 0 Å². The molecule has 54 heavy (non-hydrogen) atoms. The molecule has 0 radical (unpaired) electrons. The van der Waals surface area contributed by atoms with E-state index in [-0.39, 0.29) is 0 Å². The van der Waals surface area contributed by atoms with Crippen LogP contribution in [0, 0.1) is 0 Å². The molecule has 1 atom stereocenters. The van der Waals surface area contributed by atoms with Gasteiger partial charge in [0, 0.05) is 26.3 Å². The molecule has 0 N–H and O–H groups in total.